The second-order valence-corrected chi connectivity index (χ2v) is 6.62. The van der Waals surface area contributed by atoms with Crippen LogP contribution in [0, 0.1) is 17.3 Å². The van der Waals surface area contributed by atoms with Crippen molar-refractivity contribution in [3.05, 3.63) is 12.2 Å². The van der Waals surface area contributed by atoms with Gasteiger partial charge in [-0.05, 0) is 43.4 Å². The highest BCUT2D eigenvalue weighted by atomic mass is 16.5. The monoisotopic (exact) mass is 250 g/mol. The van der Waals surface area contributed by atoms with Crippen molar-refractivity contribution in [1.82, 2.24) is 0 Å². The quantitative estimate of drug-likeness (QED) is 0.766. The van der Waals surface area contributed by atoms with Crippen molar-refractivity contribution < 1.29 is 14.6 Å². The van der Waals surface area contributed by atoms with Crippen LogP contribution in [0.3, 0.4) is 0 Å². The van der Waals surface area contributed by atoms with Crippen LogP contribution in [0.5, 0.6) is 0 Å². The lowest BCUT2D eigenvalue weighted by atomic mass is 9.49. The fourth-order valence-electron chi connectivity index (χ4n) is 4.58. The van der Waals surface area contributed by atoms with Crippen LogP contribution in [0.25, 0.3) is 0 Å². The predicted octanol–water partition coefficient (Wildman–Crippen LogP) is 3.00. The van der Waals surface area contributed by atoms with E-state index < -0.39 is 5.97 Å². The van der Waals surface area contributed by atoms with Crippen LogP contribution in [0.15, 0.2) is 12.2 Å². The molecule has 0 radical (unpaired) electrons. The molecule has 2 saturated carbocycles. The summed E-state index contributed by atoms with van der Waals surface area (Å²) >= 11 is 0. The molecule has 1 spiro atoms. The summed E-state index contributed by atoms with van der Waals surface area (Å²) in [6, 6.07) is 0. The molecular weight excluding hydrogens is 228 g/mol. The van der Waals surface area contributed by atoms with Crippen molar-refractivity contribution in [2.75, 3.05) is 6.61 Å². The normalized spacial score (nSPS) is 46.5. The van der Waals surface area contributed by atoms with Gasteiger partial charge in [0.25, 0.3) is 0 Å². The lowest BCUT2D eigenvalue weighted by Gasteiger charge is -2.65. The predicted molar refractivity (Wildman–Crippen MR) is 68.2 cm³/mol. The summed E-state index contributed by atoms with van der Waals surface area (Å²) in [5, 5.41) is 9.12. The lowest BCUT2D eigenvalue weighted by Crippen LogP contribution is -2.67. The summed E-state index contributed by atoms with van der Waals surface area (Å²) in [4.78, 5) is 11.1. The molecule has 100 valence electrons. The minimum Gasteiger partial charge on any atom is -0.478 e. The highest BCUT2D eigenvalue weighted by Gasteiger charge is 2.63. The molecule has 4 unspecified atom stereocenters. The maximum atomic E-state index is 11.1. The molecule has 0 bridgehead atoms. The molecule has 3 heteroatoms. The van der Waals surface area contributed by atoms with E-state index in [1.54, 1.807) is 0 Å². The van der Waals surface area contributed by atoms with E-state index in [0.717, 1.165) is 25.9 Å². The van der Waals surface area contributed by atoms with Crippen LogP contribution in [0.1, 0.15) is 45.4 Å². The lowest BCUT2D eigenvalue weighted by molar-refractivity contribution is -0.300. The van der Waals surface area contributed by atoms with Gasteiger partial charge in [-0.2, -0.15) is 0 Å². The number of carboxylic acid groups (broad SMARTS) is 1. The largest absolute Gasteiger partial charge is 0.478 e. The zero-order chi connectivity index (χ0) is 13.0. The van der Waals surface area contributed by atoms with Crippen LogP contribution in [-0.2, 0) is 9.53 Å². The van der Waals surface area contributed by atoms with Gasteiger partial charge in [0.05, 0.1) is 12.2 Å². The molecule has 3 rings (SSSR count). The third kappa shape index (κ3) is 1.43. The first kappa shape index (κ1) is 12.2. The minimum atomic E-state index is -0.841. The summed E-state index contributed by atoms with van der Waals surface area (Å²) in [6.07, 6.45) is 6.70. The fraction of sp³-hybridized carbons (Fsp3) is 0.800. The van der Waals surface area contributed by atoms with E-state index in [4.69, 9.17) is 9.84 Å². The smallest absolute Gasteiger partial charge is 0.331 e. The summed E-state index contributed by atoms with van der Waals surface area (Å²) in [5.41, 5.74) is 0.613. The third-order valence-electron chi connectivity index (χ3n) is 5.87. The molecule has 0 aromatic rings. The molecule has 0 aromatic heterocycles. The highest BCUT2D eigenvalue weighted by Crippen LogP contribution is 2.63. The number of hydrogen-bond donors (Lipinski definition) is 1. The van der Waals surface area contributed by atoms with Gasteiger partial charge < -0.3 is 9.84 Å². The molecule has 1 aliphatic heterocycles. The SMILES string of the molecule is C=C(C(=O)O)C1CCC2(C)CCCC3COC32C1. The molecule has 3 aliphatic rings. The van der Waals surface area contributed by atoms with Gasteiger partial charge in [-0.1, -0.05) is 19.9 Å². The van der Waals surface area contributed by atoms with E-state index in [-0.39, 0.29) is 16.9 Å². The summed E-state index contributed by atoms with van der Waals surface area (Å²) < 4.78 is 6.06. The standard InChI is InChI=1S/C15H22O3/c1-10(13(16)17)11-5-7-14(2)6-3-4-12-9-18-15(12,14)8-11/h11-12H,1,3-9H2,2H3,(H,16,17). The van der Waals surface area contributed by atoms with Gasteiger partial charge >= 0.3 is 5.97 Å². The van der Waals surface area contributed by atoms with E-state index in [2.05, 4.69) is 13.5 Å². The number of aliphatic carboxylic acids is 1. The molecular formula is C15H22O3. The summed E-state index contributed by atoms with van der Waals surface area (Å²) in [6.45, 7) is 6.99. The Kier molecular flexibility index (Phi) is 2.60. The van der Waals surface area contributed by atoms with Crippen molar-refractivity contribution in [1.29, 1.82) is 0 Å². The van der Waals surface area contributed by atoms with E-state index >= 15 is 0 Å². The Morgan fingerprint density at radius 1 is 1.39 bits per heavy atom. The van der Waals surface area contributed by atoms with Gasteiger partial charge in [0.2, 0.25) is 0 Å². The van der Waals surface area contributed by atoms with Crippen LogP contribution in [-0.4, -0.2) is 23.3 Å². The first-order valence-electron chi connectivity index (χ1n) is 7.05. The second-order valence-electron chi connectivity index (χ2n) is 6.62. The van der Waals surface area contributed by atoms with E-state index in [1.807, 2.05) is 0 Å². The Morgan fingerprint density at radius 2 is 2.17 bits per heavy atom. The molecule has 18 heavy (non-hydrogen) atoms. The van der Waals surface area contributed by atoms with Crippen molar-refractivity contribution in [3.8, 4) is 0 Å². The molecule has 2 aliphatic carbocycles. The molecule has 3 nitrogen and oxygen atoms in total. The van der Waals surface area contributed by atoms with Crippen molar-refractivity contribution in [2.45, 2.75) is 51.0 Å². The van der Waals surface area contributed by atoms with E-state index in [1.165, 1.54) is 19.3 Å². The van der Waals surface area contributed by atoms with Crippen LogP contribution < -0.4 is 0 Å². The molecule has 3 fully saturated rings. The van der Waals surface area contributed by atoms with Crippen LogP contribution >= 0.6 is 0 Å². The number of carboxylic acids is 1. The second kappa shape index (κ2) is 3.83. The maximum absolute atomic E-state index is 11.1. The summed E-state index contributed by atoms with van der Waals surface area (Å²) in [7, 11) is 0. The number of rotatable bonds is 2. The topological polar surface area (TPSA) is 46.5 Å². The Labute approximate surface area is 108 Å². The Bertz CT molecular complexity index is 403. The average Bonchev–Trinajstić information content (AvgIpc) is 2.31. The average molecular weight is 250 g/mol. The third-order valence-corrected chi connectivity index (χ3v) is 5.87. The minimum absolute atomic E-state index is 0.0352. The van der Waals surface area contributed by atoms with Gasteiger partial charge in [0.15, 0.2) is 0 Å². The molecule has 0 aromatic carbocycles. The Morgan fingerprint density at radius 3 is 2.78 bits per heavy atom. The summed E-state index contributed by atoms with van der Waals surface area (Å²) in [5.74, 6) is -0.0798. The van der Waals surface area contributed by atoms with Crippen molar-refractivity contribution in [3.63, 3.8) is 0 Å². The van der Waals surface area contributed by atoms with E-state index in [0.29, 0.717) is 11.5 Å². The molecule has 1 N–H and O–H groups in total. The first-order valence-corrected chi connectivity index (χ1v) is 7.05. The van der Waals surface area contributed by atoms with Crippen molar-refractivity contribution in [2.24, 2.45) is 17.3 Å². The molecule has 0 amide bonds. The molecule has 4 atom stereocenters. The first-order chi connectivity index (χ1) is 8.48. The maximum Gasteiger partial charge on any atom is 0.331 e. The number of carbonyl (C=O) groups is 1. The zero-order valence-electron chi connectivity index (χ0n) is 11.1. The van der Waals surface area contributed by atoms with Gasteiger partial charge in [0.1, 0.15) is 0 Å². The van der Waals surface area contributed by atoms with Gasteiger partial charge in [0, 0.05) is 11.5 Å². The highest BCUT2D eigenvalue weighted by molar-refractivity contribution is 5.86. The van der Waals surface area contributed by atoms with Crippen molar-refractivity contribution >= 4 is 5.97 Å². The van der Waals surface area contributed by atoms with Gasteiger partial charge in [-0.15, -0.1) is 0 Å². The molecule has 1 saturated heterocycles. The number of hydrogen-bond acceptors (Lipinski definition) is 2. The van der Waals surface area contributed by atoms with E-state index in [9.17, 15) is 4.79 Å². The Balaban J connectivity index is 1.85. The molecule has 1 heterocycles. The fourth-order valence-corrected chi connectivity index (χ4v) is 4.58. The number of ether oxygens (including phenoxy) is 1. The van der Waals surface area contributed by atoms with Crippen LogP contribution in [0.4, 0.5) is 0 Å². The zero-order valence-corrected chi connectivity index (χ0v) is 11.1. The van der Waals surface area contributed by atoms with Gasteiger partial charge in [-0.25, -0.2) is 4.79 Å². The van der Waals surface area contributed by atoms with Crippen LogP contribution in [0.2, 0.25) is 0 Å². The Hall–Kier alpha value is -0.830. The van der Waals surface area contributed by atoms with Gasteiger partial charge in [-0.3, -0.25) is 0 Å².